The molecular weight excluding hydrogens is 433 g/mol. The molecular formula is C24H20FN9. The molecule has 0 aliphatic rings. The van der Waals surface area contributed by atoms with Gasteiger partial charge < -0.3 is 10.6 Å². The topological polar surface area (TPSA) is 117 Å². The second kappa shape index (κ2) is 9.82. The zero-order valence-corrected chi connectivity index (χ0v) is 18.0. The van der Waals surface area contributed by atoms with Crippen molar-refractivity contribution < 1.29 is 4.39 Å². The number of pyridine rings is 1. The van der Waals surface area contributed by atoms with E-state index in [1.165, 1.54) is 24.8 Å². The van der Waals surface area contributed by atoms with Crippen LogP contribution in [0.4, 0.5) is 21.8 Å². The lowest BCUT2D eigenvalue weighted by atomic mass is 10.1. The van der Waals surface area contributed by atoms with Gasteiger partial charge in [0, 0.05) is 24.8 Å². The summed E-state index contributed by atoms with van der Waals surface area (Å²) in [5.41, 5.74) is 3.57. The van der Waals surface area contributed by atoms with Crippen molar-refractivity contribution in [2.75, 3.05) is 10.6 Å². The van der Waals surface area contributed by atoms with Gasteiger partial charge in [-0.15, -0.1) is 0 Å². The Morgan fingerprint density at radius 3 is 2.62 bits per heavy atom. The highest BCUT2D eigenvalue weighted by atomic mass is 19.1. The van der Waals surface area contributed by atoms with Crippen molar-refractivity contribution in [3.05, 3.63) is 102 Å². The van der Waals surface area contributed by atoms with Gasteiger partial charge in [-0.3, -0.25) is 5.10 Å². The number of benzene rings is 2. The number of aromatic amines is 1. The molecule has 0 radical (unpaired) electrons. The van der Waals surface area contributed by atoms with Crippen LogP contribution in [0.5, 0.6) is 0 Å². The van der Waals surface area contributed by atoms with Crippen molar-refractivity contribution >= 4 is 17.5 Å². The van der Waals surface area contributed by atoms with Crippen LogP contribution >= 0.6 is 0 Å². The summed E-state index contributed by atoms with van der Waals surface area (Å²) < 4.78 is 13.2. The maximum atomic E-state index is 13.2. The summed E-state index contributed by atoms with van der Waals surface area (Å²) in [5.74, 6) is 2.03. The third-order valence-corrected chi connectivity index (χ3v) is 5.01. The first-order valence-corrected chi connectivity index (χ1v) is 10.6. The molecule has 34 heavy (non-hydrogen) atoms. The van der Waals surface area contributed by atoms with E-state index in [9.17, 15) is 4.39 Å². The predicted molar refractivity (Wildman–Crippen MR) is 126 cm³/mol. The molecule has 0 unspecified atom stereocenters. The molecule has 9 nitrogen and oxygen atoms in total. The van der Waals surface area contributed by atoms with Crippen LogP contribution in [0.15, 0.2) is 79.5 Å². The lowest BCUT2D eigenvalue weighted by molar-refractivity contribution is 0.627. The lowest BCUT2D eigenvalue weighted by Gasteiger charge is -2.11. The van der Waals surface area contributed by atoms with Gasteiger partial charge in [0.2, 0.25) is 5.95 Å². The van der Waals surface area contributed by atoms with E-state index in [1.807, 2.05) is 36.4 Å². The number of anilines is 3. The molecule has 0 amide bonds. The Balaban J connectivity index is 1.33. The molecule has 0 saturated heterocycles. The van der Waals surface area contributed by atoms with E-state index in [4.69, 9.17) is 0 Å². The van der Waals surface area contributed by atoms with Gasteiger partial charge in [0.25, 0.3) is 0 Å². The summed E-state index contributed by atoms with van der Waals surface area (Å²) in [5, 5.41) is 13.3. The molecule has 3 aromatic heterocycles. The van der Waals surface area contributed by atoms with Crippen molar-refractivity contribution in [1.29, 1.82) is 0 Å². The minimum atomic E-state index is -0.268. The van der Waals surface area contributed by atoms with E-state index in [2.05, 4.69) is 45.8 Å². The van der Waals surface area contributed by atoms with Gasteiger partial charge in [0.1, 0.15) is 30.1 Å². The Morgan fingerprint density at radius 2 is 1.76 bits per heavy atom. The number of hydrogen-bond donors (Lipinski definition) is 3. The number of rotatable bonds is 8. The van der Waals surface area contributed by atoms with Crippen molar-refractivity contribution in [3.63, 3.8) is 0 Å². The molecule has 0 aliphatic carbocycles. The third-order valence-electron chi connectivity index (χ3n) is 5.01. The fraction of sp³-hybridized carbons (Fsp3) is 0.0833. The highest BCUT2D eigenvalue weighted by Gasteiger charge is 2.11. The first-order chi connectivity index (χ1) is 16.7. The van der Waals surface area contributed by atoms with Crippen molar-refractivity contribution in [1.82, 2.24) is 35.1 Å². The normalized spacial score (nSPS) is 10.7. The van der Waals surface area contributed by atoms with Crippen LogP contribution in [-0.2, 0) is 13.0 Å². The number of H-pyrrole nitrogens is 1. The van der Waals surface area contributed by atoms with Crippen LogP contribution in [0.1, 0.15) is 17.0 Å². The number of hydrogen-bond acceptors (Lipinski definition) is 8. The number of halogens is 1. The third kappa shape index (κ3) is 5.18. The molecule has 0 fully saturated rings. The molecule has 2 aromatic carbocycles. The standard InChI is InChI=1S/C24H20FN9/c25-18-8-6-16(7-9-18)13-27-22-20(5-2-10-26-22)23-29-14-30-24(33-23)32-19-4-1-3-17(11-19)12-21-28-15-31-34-21/h1-11,14-15H,12-13H2,(H,26,27)(H,28,31,34)(H,29,30,32,33). The van der Waals surface area contributed by atoms with Crippen LogP contribution in [0, 0.1) is 5.82 Å². The van der Waals surface area contributed by atoms with Gasteiger partial charge in [-0.1, -0.05) is 24.3 Å². The van der Waals surface area contributed by atoms with Gasteiger partial charge in [-0.2, -0.15) is 10.1 Å². The first-order valence-electron chi connectivity index (χ1n) is 10.6. The molecule has 0 atom stereocenters. The van der Waals surface area contributed by atoms with E-state index in [0.29, 0.717) is 30.6 Å². The Hall–Kier alpha value is -4.73. The fourth-order valence-corrected chi connectivity index (χ4v) is 3.40. The molecule has 0 saturated carbocycles. The van der Waals surface area contributed by atoms with Crippen LogP contribution in [0.3, 0.4) is 0 Å². The maximum Gasteiger partial charge on any atom is 0.230 e. The second-order valence-corrected chi connectivity index (χ2v) is 7.45. The van der Waals surface area contributed by atoms with Crippen LogP contribution in [0.2, 0.25) is 0 Å². The van der Waals surface area contributed by atoms with Crippen LogP contribution in [-0.4, -0.2) is 35.1 Å². The largest absolute Gasteiger partial charge is 0.365 e. The van der Waals surface area contributed by atoms with Crippen LogP contribution < -0.4 is 10.6 Å². The molecule has 0 spiro atoms. The van der Waals surface area contributed by atoms with Crippen LogP contribution in [0.25, 0.3) is 11.4 Å². The summed E-state index contributed by atoms with van der Waals surface area (Å²) in [6, 6.07) is 17.9. The summed E-state index contributed by atoms with van der Waals surface area (Å²) in [6.45, 7) is 0.485. The monoisotopic (exact) mass is 453 g/mol. The van der Waals surface area contributed by atoms with Gasteiger partial charge in [0.15, 0.2) is 5.82 Å². The van der Waals surface area contributed by atoms with Crippen molar-refractivity contribution in [2.45, 2.75) is 13.0 Å². The van der Waals surface area contributed by atoms with Crippen molar-refractivity contribution in [3.8, 4) is 11.4 Å². The molecule has 0 bridgehead atoms. The van der Waals surface area contributed by atoms with Gasteiger partial charge in [0.05, 0.1) is 5.56 Å². The molecule has 5 rings (SSSR count). The Labute approximate surface area is 194 Å². The van der Waals surface area contributed by atoms with Gasteiger partial charge >= 0.3 is 0 Å². The predicted octanol–water partition coefficient (Wildman–Crippen LogP) is 4.14. The Bertz CT molecular complexity index is 1370. The minimum Gasteiger partial charge on any atom is -0.365 e. The quantitative estimate of drug-likeness (QED) is 0.321. The SMILES string of the molecule is Fc1ccc(CNc2ncccc2-c2ncnc(Nc3cccc(Cc4ncn[nH]4)c3)n2)cc1. The highest BCUT2D eigenvalue weighted by molar-refractivity contribution is 5.70. The molecule has 3 heterocycles. The molecule has 168 valence electrons. The molecule has 0 aliphatic heterocycles. The summed E-state index contributed by atoms with van der Waals surface area (Å²) in [6.07, 6.45) is 5.28. The van der Waals surface area contributed by atoms with E-state index in [-0.39, 0.29) is 5.82 Å². The minimum absolute atomic E-state index is 0.268. The zero-order valence-electron chi connectivity index (χ0n) is 18.0. The van der Waals surface area contributed by atoms with Gasteiger partial charge in [-0.25, -0.2) is 24.3 Å². The average Bonchev–Trinajstić information content (AvgIpc) is 3.37. The Kier molecular flexibility index (Phi) is 6.10. The molecule has 3 N–H and O–H groups in total. The van der Waals surface area contributed by atoms with E-state index in [1.54, 1.807) is 18.3 Å². The summed E-state index contributed by atoms with van der Waals surface area (Å²) in [4.78, 5) is 21.8. The Morgan fingerprint density at radius 1 is 0.853 bits per heavy atom. The van der Waals surface area contributed by atoms with Gasteiger partial charge in [-0.05, 0) is 47.5 Å². The molecule has 5 aromatic rings. The number of nitrogens with zero attached hydrogens (tertiary/aromatic N) is 6. The smallest absolute Gasteiger partial charge is 0.230 e. The van der Waals surface area contributed by atoms with E-state index in [0.717, 1.165) is 28.2 Å². The average molecular weight is 453 g/mol. The summed E-state index contributed by atoms with van der Waals surface area (Å²) >= 11 is 0. The lowest BCUT2D eigenvalue weighted by Crippen LogP contribution is -2.05. The van der Waals surface area contributed by atoms with E-state index >= 15 is 0 Å². The number of aromatic nitrogens is 7. The first kappa shape index (κ1) is 21.1. The van der Waals surface area contributed by atoms with E-state index < -0.39 is 0 Å². The molecule has 10 heteroatoms. The van der Waals surface area contributed by atoms with Crippen molar-refractivity contribution in [2.24, 2.45) is 0 Å². The fourth-order valence-electron chi connectivity index (χ4n) is 3.40. The highest BCUT2D eigenvalue weighted by Crippen LogP contribution is 2.24. The zero-order chi connectivity index (χ0) is 23.2. The second-order valence-electron chi connectivity index (χ2n) is 7.45. The maximum absolute atomic E-state index is 13.2. The summed E-state index contributed by atoms with van der Waals surface area (Å²) in [7, 11) is 0. The number of nitrogens with one attached hydrogen (secondary N) is 3.